The van der Waals surface area contributed by atoms with Gasteiger partial charge in [-0.25, -0.2) is 9.79 Å². The Labute approximate surface area is 143 Å². The Morgan fingerprint density at radius 3 is 2.38 bits per heavy atom. The third-order valence-corrected chi connectivity index (χ3v) is 3.68. The van der Waals surface area contributed by atoms with E-state index in [0.29, 0.717) is 5.56 Å². The molecule has 2 rings (SSSR count). The van der Waals surface area contributed by atoms with Crippen molar-refractivity contribution in [2.75, 3.05) is 14.1 Å². The number of aliphatic imine (C=N–C) groups is 1. The summed E-state index contributed by atoms with van der Waals surface area (Å²) in [7, 11) is 3.84. The standard InChI is InChI=1S/C20H24N2O2/c1-14-6-8-17(9-7-14)12-24-20(23)18-10-16(3)19(11-15(18)2)21-13-22(4)5/h6-11,13H,12H2,1-5H3/b21-13+. The number of esters is 1. The fourth-order valence-corrected chi connectivity index (χ4v) is 2.25. The van der Waals surface area contributed by atoms with E-state index in [-0.39, 0.29) is 12.6 Å². The molecule has 2 aromatic carbocycles. The van der Waals surface area contributed by atoms with E-state index in [0.717, 1.165) is 22.4 Å². The molecule has 0 unspecified atom stereocenters. The van der Waals surface area contributed by atoms with Gasteiger partial charge in [-0.1, -0.05) is 29.8 Å². The number of nitrogens with zero attached hydrogens (tertiary/aromatic N) is 2. The zero-order valence-electron chi connectivity index (χ0n) is 15.0. The lowest BCUT2D eigenvalue weighted by Gasteiger charge is -2.11. The van der Waals surface area contributed by atoms with Gasteiger partial charge in [-0.05, 0) is 49.6 Å². The van der Waals surface area contributed by atoms with Gasteiger partial charge in [0.05, 0.1) is 17.6 Å². The lowest BCUT2D eigenvalue weighted by molar-refractivity contribution is 0.0472. The Kier molecular flexibility index (Phi) is 5.74. The Morgan fingerprint density at radius 2 is 1.75 bits per heavy atom. The molecule has 0 aliphatic heterocycles. The average molecular weight is 324 g/mol. The highest BCUT2D eigenvalue weighted by atomic mass is 16.5. The molecular weight excluding hydrogens is 300 g/mol. The normalized spacial score (nSPS) is 10.9. The van der Waals surface area contributed by atoms with Gasteiger partial charge in [-0.3, -0.25) is 0 Å². The van der Waals surface area contributed by atoms with Gasteiger partial charge in [0.15, 0.2) is 0 Å². The largest absolute Gasteiger partial charge is 0.457 e. The zero-order valence-corrected chi connectivity index (χ0v) is 15.0. The molecule has 0 heterocycles. The summed E-state index contributed by atoms with van der Waals surface area (Å²) in [6, 6.07) is 11.7. The van der Waals surface area contributed by atoms with Crippen molar-refractivity contribution in [3.05, 3.63) is 64.2 Å². The molecule has 0 amide bonds. The van der Waals surface area contributed by atoms with E-state index >= 15 is 0 Å². The summed E-state index contributed by atoms with van der Waals surface area (Å²) in [5.74, 6) is -0.306. The Hall–Kier alpha value is -2.62. The van der Waals surface area contributed by atoms with E-state index < -0.39 is 0 Å². The van der Waals surface area contributed by atoms with Gasteiger partial charge < -0.3 is 9.64 Å². The quantitative estimate of drug-likeness (QED) is 0.470. The predicted octanol–water partition coefficient (Wildman–Crippen LogP) is 4.19. The number of hydrogen-bond donors (Lipinski definition) is 0. The molecule has 0 N–H and O–H groups in total. The van der Waals surface area contributed by atoms with Gasteiger partial charge in [0, 0.05) is 14.1 Å². The van der Waals surface area contributed by atoms with Crippen LogP contribution < -0.4 is 0 Å². The molecule has 24 heavy (non-hydrogen) atoms. The molecule has 0 atom stereocenters. The molecule has 0 spiro atoms. The molecule has 0 saturated heterocycles. The lowest BCUT2D eigenvalue weighted by Crippen LogP contribution is -2.08. The molecule has 0 aromatic heterocycles. The molecule has 0 bridgehead atoms. The van der Waals surface area contributed by atoms with Crippen molar-refractivity contribution in [3.63, 3.8) is 0 Å². The number of benzene rings is 2. The van der Waals surface area contributed by atoms with Crippen LogP contribution in [0.4, 0.5) is 5.69 Å². The molecule has 126 valence electrons. The van der Waals surface area contributed by atoms with Crippen molar-refractivity contribution in [1.82, 2.24) is 4.90 Å². The summed E-state index contributed by atoms with van der Waals surface area (Å²) >= 11 is 0. The Morgan fingerprint density at radius 1 is 1.08 bits per heavy atom. The first-order valence-electron chi connectivity index (χ1n) is 7.91. The minimum absolute atomic E-state index is 0.276. The van der Waals surface area contributed by atoms with Gasteiger partial charge in [-0.2, -0.15) is 0 Å². The van der Waals surface area contributed by atoms with Gasteiger partial charge >= 0.3 is 5.97 Å². The fourth-order valence-electron chi connectivity index (χ4n) is 2.25. The second-order valence-electron chi connectivity index (χ2n) is 6.22. The second kappa shape index (κ2) is 7.77. The van der Waals surface area contributed by atoms with Crippen LogP contribution in [0.3, 0.4) is 0 Å². The van der Waals surface area contributed by atoms with Crippen molar-refractivity contribution in [3.8, 4) is 0 Å². The molecule has 4 nitrogen and oxygen atoms in total. The molecule has 4 heteroatoms. The first-order valence-corrected chi connectivity index (χ1v) is 7.91. The van der Waals surface area contributed by atoms with Crippen molar-refractivity contribution >= 4 is 18.0 Å². The molecule has 0 aliphatic rings. The fraction of sp³-hybridized carbons (Fsp3) is 0.300. The minimum atomic E-state index is -0.306. The van der Waals surface area contributed by atoms with Gasteiger partial charge in [0.25, 0.3) is 0 Å². The number of ether oxygens (including phenoxy) is 1. The highest BCUT2D eigenvalue weighted by molar-refractivity contribution is 5.92. The van der Waals surface area contributed by atoms with Crippen molar-refractivity contribution in [2.45, 2.75) is 27.4 Å². The molecule has 0 fully saturated rings. The Balaban J connectivity index is 2.11. The van der Waals surface area contributed by atoms with Crippen molar-refractivity contribution in [2.24, 2.45) is 4.99 Å². The van der Waals surface area contributed by atoms with E-state index in [1.807, 2.05) is 76.2 Å². The molecule has 0 radical (unpaired) electrons. The maximum atomic E-state index is 12.4. The summed E-state index contributed by atoms with van der Waals surface area (Å²) in [6.07, 6.45) is 1.75. The summed E-state index contributed by atoms with van der Waals surface area (Å²) in [6.45, 7) is 6.15. The zero-order chi connectivity index (χ0) is 17.7. The minimum Gasteiger partial charge on any atom is -0.457 e. The predicted molar refractivity (Wildman–Crippen MR) is 98.1 cm³/mol. The molecule has 0 saturated carbocycles. The first-order chi connectivity index (χ1) is 11.4. The average Bonchev–Trinajstić information content (AvgIpc) is 2.54. The maximum absolute atomic E-state index is 12.4. The highest BCUT2D eigenvalue weighted by Gasteiger charge is 2.13. The summed E-state index contributed by atoms with van der Waals surface area (Å²) in [5, 5.41) is 0. The summed E-state index contributed by atoms with van der Waals surface area (Å²) in [4.78, 5) is 18.7. The first kappa shape index (κ1) is 17.7. The summed E-state index contributed by atoms with van der Waals surface area (Å²) < 4.78 is 5.44. The highest BCUT2D eigenvalue weighted by Crippen LogP contribution is 2.24. The van der Waals surface area contributed by atoms with Crippen molar-refractivity contribution < 1.29 is 9.53 Å². The van der Waals surface area contributed by atoms with Gasteiger partial charge in [-0.15, -0.1) is 0 Å². The number of aryl methyl sites for hydroxylation is 3. The van der Waals surface area contributed by atoms with Gasteiger partial charge in [0.2, 0.25) is 0 Å². The number of rotatable bonds is 5. The summed E-state index contributed by atoms with van der Waals surface area (Å²) in [5.41, 5.74) is 5.42. The second-order valence-corrected chi connectivity index (χ2v) is 6.22. The maximum Gasteiger partial charge on any atom is 0.338 e. The van der Waals surface area contributed by atoms with Crippen LogP contribution >= 0.6 is 0 Å². The van der Waals surface area contributed by atoms with Crippen LogP contribution in [0.25, 0.3) is 0 Å². The van der Waals surface area contributed by atoms with Crippen molar-refractivity contribution in [1.29, 1.82) is 0 Å². The van der Waals surface area contributed by atoms with Gasteiger partial charge in [0.1, 0.15) is 6.61 Å². The monoisotopic (exact) mass is 324 g/mol. The van der Waals surface area contributed by atoms with Crippen LogP contribution in [0.5, 0.6) is 0 Å². The molecule has 2 aromatic rings. The third-order valence-electron chi connectivity index (χ3n) is 3.68. The number of hydrogen-bond acceptors (Lipinski definition) is 3. The number of carbonyl (C=O) groups is 1. The molecular formula is C20H24N2O2. The van der Waals surface area contributed by atoms with E-state index in [2.05, 4.69) is 4.99 Å². The van der Waals surface area contributed by atoms with Crippen LogP contribution in [0.1, 0.15) is 32.6 Å². The third kappa shape index (κ3) is 4.69. The van der Waals surface area contributed by atoms with Crippen LogP contribution in [-0.4, -0.2) is 31.3 Å². The smallest absolute Gasteiger partial charge is 0.338 e. The van der Waals surface area contributed by atoms with Crippen LogP contribution in [0, 0.1) is 20.8 Å². The van der Waals surface area contributed by atoms with Crippen LogP contribution in [0.2, 0.25) is 0 Å². The topological polar surface area (TPSA) is 41.9 Å². The van der Waals surface area contributed by atoms with E-state index in [1.165, 1.54) is 5.56 Å². The van der Waals surface area contributed by atoms with Crippen LogP contribution in [0.15, 0.2) is 41.4 Å². The number of carbonyl (C=O) groups excluding carboxylic acids is 1. The van der Waals surface area contributed by atoms with E-state index in [4.69, 9.17) is 4.74 Å². The lowest BCUT2D eigenvalue weighted by atomic mass is 10.0. The Bertz CT molecular complexity index is 747. The van der Waals surface area contributed by atoms with Crippen LogP contribution in [-0.2, 0) is 11.3 Å². The van der Waals surface area contributed by atoms with E-state index in [9.17, 15) is 4.79 Å². The SMILES string of the molecule is Cc1ccc(COC(=O)c2cc(C)c(/N=C/N(C)C)cc2C)cc1. The molecule has 0 aliphatic carbocycles. The van der Waals surface area contributed by atoms with E-state index in [1.54, 1.807) is 6.34 Å².